The van der Waals surface area contributed by atoms with E-state index in [-0.39, 0.29) is 0 Å². The predicted octanol–water partition coefficient (Wildman–Crippen LogP) is 2.45. The SMILES string of the molecule is CC(C)(C)OC(=O)NCc1cccc(CC=O)c1. The van der Waals surface area contributed by atoms with Crippen LogP contribution in [0.4, 0.5) is 4.79 Å². The zero-order valence-corrected chi connectivity index (χ0v) is 11.0. The second kappa shape index (κ2) is 6.19. The molecule has 18 heavy (non-hydrogen) atoms. The molecule has 0 aliphatic carbocycles. The van der Waals surface area contributed by atoms with Gasteiger partial charge >= 0.3 is 6.09 Å². The van der Waals surface area contributed by atoms with E-state index in [0.717, 1.165) is 17.4 Å². The Kier molecular flexibility index (Phi) is 4.89. The lowest BCUT2D eigenvalue weighted by Gasteiger charge is -2.19. The van der Waals surface area contributed by atoms with Crippen LogP contribution in [0, 0.1) is 0 Å². The highest BCUT2D eigenvalue weighted by atomic mass is 16.6. The van der Waals surface area contributed by atoms with E-state index in [4.69, 9.17) is 4.74 Å². The van der Waals surface area contributed by atoms with Crippen LogP contribution in [0.1, 0.15) is 31.9 Å². The summed E-state index contributed by atoms with van der Waals surface area (Å²) < 4.78 is 5.13. The minimum absolute atomic E-state index is 0.389. The predicted molar refractivity (Wildman–Crippen MR) is 69.3 cm³/mol. The van der Waals surface area contributed by atoms with Gasteiger partial charge in [-0.3, -0.25) is 0 Å². The number of benzene rings is 1. The second-order valence-electron chi connectivity index (χ2n) is 5.05. The fraction of sp³-hybridized carbons (Fsp3) is 0.429. The van der Waals surface area contributed by atoms with Gasteiger partial charge in [0.05, 0.1) is 0 Å². The largest absolute Gasteiger partial charge is 0.444 e. The third kappa shape index (κ3) is 5.48. The maximum absolute atomic E-state index is 11.5. The molecule has 0 saturated carbocycles. The highest BCUT2D eigenvalue weighted by Crippen LogP contribution is 2.08. The van der Waals surface area contributed by atoms with E-state index in [0.29, 0.717) is 13.0 Å². The standard InChI is InChI=1S/C14H19NO3/c1-14(2,3)18-13(17)15-10-12-6-4-5-11(9-12)7-8-16/h4-6,8-9H,7,10H2,1-3H3,(H,15,17). The lowest BCUT2D eigenvalue weighted by atomic mass is 10.1. The number of carbonyl (C=O) groups is 2. The lowest BCUT2D eigenvalue weighted by molar-refractivity contribution is -0.107. The molecule has 0 spiro atoms. The van der Waals surface area contributed by atoms with Crippen LogP contribution in [0.15, 0.2) is 24.3 Å². The first-order valence-electron chi connectivity index (χ1n) is 5.89. The summed E-state index contributed by atoms with van der Waals surface area (Å²) >= 11 is 0. The van der Waals surface area contributed by atoms with Gasteiger partial charge in [-0.2, -0.15) is 0 Å². The van der Waals surface area contributed by atoms with Crippen molar-refractivity contribution in [1.82, 2.24) is 5.32 Å². The van der Waals surface area contributed by atoms with E-state index < -0.39 is 11.7 Å². The lowest BCUT2D eigenvalue weighted by Crippen LogP contribution is -2.32. The summed E-state index contributed by atoms with van der Waals surface area (Å²) in [6, 6.07) is 7.54. The number of amides is 1. The Morgan fingerprint density at radius 2 is 2.00 bits per heavy atom. The van der Waals surface area contributed by atoms with Crippen molar-refractivity contribution in [3.05, 3.63) is 35.4 Å². The highest BCUT2D eigenvalue weighted by Gasteiger charge is 2.15. The van der Waals surface area contributed by atoms with Crippen molar-refractivity contribution in [3.8, 4) is 0 Å². The average molecular weight is 249 g/mol. The Morgan fingerprint density at radius 3 is 2.61 bits per heavy atom. The van der Waals surface area contributed by atoms with Crippen LogP contribution in [0.5, 0.6) is 0 Å². The number of hydrogen-bond acceptors (Lipinski definition) is 3. The molecule has 1 aromatic rings. The molecule has 0 aliphatic rings. The smallest absolute Gasteiger partial charge is 0.407 e. The zero-order valence-electron chi connectivity index (χ0n) is 11.0. The molecule has 0 aliphatic heterocycles. The van der Waals surface area contributed by atoms with E-state index in [1.165, 1.54) is 0 Å². The fourth-order valence-corrected chi connectivity index (χ4v) is 1.45. The summed E-state index contributed by atoms with van der Waals surface area (Å²) in [6.45, 7) is 5.84. The Morgan fingerprint density at radius 1 is 1.33 bits per heavy atom. The van der Waals surface area contributed by atoms with Crippen molar-refractivity contribution < 1.29 is 14.3 Å². The van der Waals surface area contributed by atoms with Crippen molar-refractivity contribution in [2.24, 2.45) is 0 Å². The van der Waals surface area contributed by atoms with Gasteiger partial charge in [-0.05, 0) is 31.9 Å². The van der Waals surface area contributed by atoms with Gasteiger partial charge in [0.1, 0.15) is 11.9 Å². The molecule has 1 N–H and O–H groups in total. The molecule has 0 heterocycles. The molecule has 4 nitrogen and oxygen atoms in total. The monoisotopic (exact) mass is 249 g/mol. The minimum Gasteiger partial charge on any atom is -0.444 e. The molecule has 0 radical (unpaired) electrons. The molecular formula is C14H19NO3. The molecule has 0 bridgehead atoms. The van der Waals surface area contributed by atoms with Gasteiger partial charge in [0.25, 0.3) is 0 Å². The van der Waals surface area contributed by atoms with Gasteiger partial charge < -0.3 is 14.8 Å². The van der Waals surface area contributed by atoms with Gasteiger partial charge in [-0.15, -0.1) is 0 Å². The number of alkyl carbamates (subject to hydrolysis) is 1. The zero-order chi connectivity index (χ0) is 13.6. The summed E-state index contributed by atoms with van der Waals surface area (Å²) in [5.74, 6) is 0. The highest BCUT2D eigenvalue weighted by molar-refractivity contribution is 5.67. The van der Waals surface area contributed by atoms with Gasteiger partial charge in [0, 0.05) is 13.0 Å². The first kappa shape index (κ1) is 14.2. The summed E-state index contributed by atoms with van der Waals surface area (Å²) in [4.78, 5) is 21.9. The molecule has 0 saturated heterocycles. The van der Waals surface area contributed by atoms with Crippen LogP contribution < -0.4 is 5.32 Å². The third-order valence-corrected chi connectivity index (χ3v) is 2.15. The van der Waals surface area contributed by atoms with Crippen LogP contribution in [0.25, 0.3) is 0 Å². The number of rotatable bonds is 4. The minimum atomic E-state index is -0.497. The van der Waals surface area contributed by atoms with Crippen LogP contribution in [-0.2, 0) is 22.5 Å². The van der Waals surface area contributed by atoms with Crippen molar-refractivity contribution >= 4 is 12.4 Å². The molecule has 1 aromatic carbocycles. The quantitative estimate of drug-likeness (QED) is 0.834. The Labute approximate surface area is 107 Å². The first-order chi connectivity index (χ1) is 8.40. The molecule has 0 fully saturated rings. The van der Waals surface area contributed by atoms with Gasteiger partial charge in [0.15, 0.2) is 0 Å². The maximum Gasteiger partial charge on any atom is 0.407 e. The normalized spacial score (nSPS) is 10.8. The second-order valence-corrected chi connectivity index (χ2v) is 5.05. The molecule has 0 aromatic heterocycles. The van der Waals surface area contributed by atoms with Crippen LogP contribution in [0.2, 0.25) is 0 Å². The van der Waals surface area contributed by atoms with Gasteiger partial charge in [0.2, 0.25) is 0 Å². The molecule has 4 heteroatoms. The third-order valence-electron chi connectivity index (χ3n) is 2.15. The number of hydrogen-bond donors (Lipinski definition) is 1. The van der Waals surface area contributed by atoms with Crippen molar-refractivity contribution in [2.75, 3.05) is 0 Å². The number of ether oxygens (including phenoxy) is 1. The summed E-state index contributed by atoms with van der Waals surface area (Å²) in [6.07, 6.45) is 0.809. The Balaban J connectivity index is 2.50. The molecule has 0 unspecified atom stereocenters. The first-order valence-corrected chi connectivity index (χ1v) is 5.89. The van der Waals surface area contributed by atoms with Crippen molar-refractivity contribution in [2.45, 2.75) is 39.3 Å². The van der Waals surface area contributed by atoms with Crippen LogP contribution in [0.3, 0.4) is 0 Å². The molecule has 1 amide bonds. The van der Waals surface area contributed by atoms with Crippen LogP contribution in [-0.4, -0.2) is 18.0 Å². The van der Waals surface area contributed by atoms with Gasteiger partial charge in [-0.1, -0.05) is 24.3 Å². The van der Waals surface area contributed by atoms with E-state index >= 15 is 0 Å². The van der Waals surface area contributed by atoms with Crippen LogP contribution >= 0.6 is 0 Å². The van der Waals surface area contributed by atoms with Crippen molar-refractivity contribution in [1.29, 1.82) is 0 Å². The molecule has 98 valence electrons. The topological polar surface area (TPSA) is 55.4 Å². The van der Waals surface area contributed by atoms with E-state index in [2.05, 4.69) is 5.32 Å². The summed E-state index contributed by atoms with van der Waals surface area (Å²) in [5.41, 5.74) is 1.39. The molecular weight excluding hydrogens is 230 g/mol. The summed E-state index contributed by atoms with van der Waals surface area (Å²) in [5, 5.41) is 2.68. The average Bonchev–Trinajstić information content (AvgIpc) is 2.25. The molecule has 0 atom stereocenters. The Hall–Kier alpha value is -1.84. The molecule has 1 rings (SSSR count). The maximum atomic E-state index is 11.5. The number of nitrogens with one attached hydrogen (secondary N) is 1. The van der Waals surface area contributed by atoms with E-state index in [1.54, 1.807) is 0 Å². The van der Waals surface area contributed by atoms with Crippen molar-refractivity contribution in [3.63, 3.8) is 0 Å². The number of aldehydes is 1. The van der Waals surface area contributed by atoms with Gasteiger partial charge in [-0.25, -0.2) is 4.79 Å². The van der Waals surface area contributed by atoms with E-state index in [1.807, 2.05) is 45.0 Å². The number of carbonyl (C=O) groups excluding carboxylic acids is 2. The fourth-order valence-electron chi connectivity index (χ4n) is 1.45. The van der Waals surface area contributed by atoms with E-state index in [9.17, 15) is 9.59 Å². The summed E-state index contributed by atoms with van der Waals surface area (Å²) in [7, 11) is 0. The Bertz CT molecular complexity index is 421.